The number of thiazole rings is 1. The molecule has 20 heavy (non-hydrogen) atoms. The molecule has 0 saturated carbocycles. The van der Waals surface area contributed by atoms with Crippen LogP contribution in [-0.4, -0.2) is 20.6 Å². The zero-order valence-corrected chi connectivity index (χ0v) is 12.2. The number of hydrogen-bond donors (Lipinski definition) is 2. The van der Waals surface area contributed by atoms with Crippen LogP contribution in [0.1, 0.15) is 28.7 Å². The van der Waals surface area contributed by atoms with Crippen molar-refractivity contribution in [3.8, 4) is 5.75 Å². The highest BCUT2D eigenvalue weighted by Crippen LogP contribution is 2.19. The molecule has 2 rings (SSSR count). The first kappa shape index (κ1) is 14.3. The number of amides is 1. The van der Waals surface area contributed by atoms with E-state index in [1.54, 1.807) is 14.0 Å². The number of carbonyl (C=O) groups is 1. The van der Waals surface area contributed by atoms with Crippen molar-refractivity contribution in [1.29, 1.82) is 0 Å². The molecule has 0 unspecified atom stereocenters. The molecule has 0 atom stereocenters. The predicted molar refractivity (Wildman–Crippen MR) is 77.5 cm³/mol. The summed E-state index contributed by atoms with van der Waals surface area (Å²) in [7, 11) is 1.55. The topological polar surface area (TPSA) is 84.2 Å². The van der Waals surface area contributed by atoms with Gasteiger partial charge in [0.25, 0.3) is 11.5 Å². The summed E-state index contributed by atoms with van der Waals surface area (Å²) >= 11 is 1.28. The van der Waals surface area contributed by atoms with E-state index in [2.05, 4.69) is 10.3 Å². The van der Waals surface area contributed by atoms with Crippen molar-refractivity contribution in [2.45, 2.75) is 20.3 Å². The number of nitrogens with zero attached hydrogens (tertiary/aromatic N) is 2. The molecule has 0 aliphatic carbocycles. The Balaban J connectivity index is 2.34. The molecule has 0 fully saturated rings. The molecule has 0 spiro atoms. The third kappa shape index (κ3) is 2.57. The first-order chi connectivity index (χ1) is 9.43. The SMILES string of the molecule is CCc1csc(NC(=O)c2c(O)cc(C)n(C)c2=O)n1. The molecule has 0 aliphatic heterocycles. The van der Waals surface area contributed by atoms with E-state index in [4.69, 9.17) is 0 Å². The molecule has 2 N–H and O–H groups in total. The summed E-state index contributed by atoms with van der Waals surface area (Å²) in [5.41, 5.74) is 0.636. The number of rotatable bonds is 3. The summed E-state index contributed by atoms with van der Waals surface area (Å²) in [4.78, 5) is 28.3. The quantitative estimate of drug-likeness (QED) is 0.901. The number of pyridine rings is 1. The number of aryl methyl sites for hydroxylation is 2. The fraction of sp³-hybridized carbons (Fsp3) is 0.308. The van der Waals surface area contributed by atoms with E-state index < -0.39 is 11.5 Å². The first-order valence-electron chi connectivity index (χ1n) is 6.09. The van der Waals surface area contributed by atoms with Crippen LogP contribution >= 0.6 is 11.3 Å². The second-order valence-electron chi connectivity index (χ2n) is 4.36. The maximum atomic E-state index is 12.1. The average Bonchev–Trinajstić information content (AvgIpc) is 2.83. The van der Waals surface area contributed by atoms with Crippen LogP contribution in [-0.2, 0) is 13.5 Å². The summed E-state index contributed by atoms with van der Waals surface area (Å²) in [5.74, 6) is -0.976. The van der Waals surface area contributed by atoms with E-state index >= 15 is 0 Å². The molecule has 2 heterocycles. The fourth-order valence-corrected chi connectivity index (χ4v) is 2.49. The smallest absolute Gasteiger partial charge is 0.267 e. The summed E-state index contributed by atoms with van der Waals surface area (Å²) in [6.07, 6.45) is 0.768. The van der Waals surface area contributed by atoms with Gasteiger partial charge in [-0.15, -0.1) is 11.3 Å². The highest BCUT2D eigenvalue weighted by atomic mass is 32.1. The Bertz CT molecular complexity index is 718. The third-order valence-electron chi connectivity index (χ3n) is 3.01. The highest BCUT2D eigenvalue weighted by Gasteiger charge is 2.19. The Hall–Kier alpha value is -2.15. The lowest BCUT2D eigenvalue weighted by Crippen LogP contribution is -2.28. The Morgan fingerprint density at radius 2 is 2.25 bits per heavy atom. The molecule has 106 valence electrons. The number of hydrogen-bond acceptors (Lipinski definition) is 5. The van der Waals surface area contributed by atoms with E-state index in [0.29, 0.717) is 10.8 Å². The Morgan fingerprint density at radius 3 is 2.85 bits per heavy atom. The summed E-state index contributed by atoms with van der Waals surface area (Å²) < 4.78 is 1.31. The maximum Gasteiger partial charge on any atom is 0.267 e. The minimum absolute atomic E-state index is 0.272. The maximum absolute atomic E-state index is 12.1. The molecule has 1 amide bonds. The number of aromatic nitrogens is 2. The van der Waals surface area contributed by atoms with Crippen molar-refractivity contribution in [1.82, 2.24) is 9.55 Å². The molecule has 0 radical (unpaired) electrons. The third-order valence-corrected chi connectivity index (χ3v) is 3.82. The van der Waals surface area contributed by atoms with E-state index in [0.717, 1.165) is 12.1 Å². The summed E-state index contributed by atoms with van der Waals surface area (Å²) in [6.45, 7) is 3.64. The van der Waals surface area contributed by atoms with Gasteiger partial charge in [-0.2, -0.15) is 0 Å². The van der Waals surface area contributed by atoms with Crippen LogP contribution in [0.25, 0.3) is 0 Å². The molecule has 2 aromatic heterocycles. The lowest BCUT2D eigenvalue weighted by Gasteiger charge is -2.08. The monoisotopic (exact) mass is 293 g/mol. The van der Waals surface area contributed by atoms with Crippen LogP contribution in [0, 0.1) is 6.92 Å². The van der Waals surface area contributed by atoms with E-state index in [1.165, 1.54) is 22.0 Å². The van der Waals surface area contributed by atoms with Gasteiger partial charge >= 0.3 is 0 Å². The molecule has 6 nitrogen and oxygen atoms in total. The van der Waals surface area contributed by atoms with Crippen molar-refractivity contribution < 1.29 is 9.90 Å². The minimum Gasteiger partial charge on any atom is -0.507 e. The van der Waals surface area contributed by atoms with Gasteiger partial charge in [0, 0.05) is 24.2 Å². The first-order valence-corrected chi connectivity index (χ1v) is 6.97. The standard InChI is InChI=1S/C13H15N3O3S/c1-4-8-6-20-13(14-8)15-11(18)10-9(17)5-7(2)16(3)12(10)19/h5-6,17H,4H2,1-3H3,(H,14,15,18). The highest BCUT2D eigenvalue weighted by molar-refractivity contribution is 7.13. The minimum atomic E-state index is -0.653. The molecular weight excluding hydrogens is 278 g/mol. The van der Waals surface area contributed by atoms with Crippen molar-refractivity contribution in [3.63, 3.8) is 0 Å². The van der Waals surface area contributed by atoms with Gasteiger partial charge < -0.3 is 9.67 Å². The van der Waals surface area contributed by atoms with E-state index in [-0.39, 0.29) is 11.3 Å². The van der Waals surface area contributed by atoms with Crippen molar-refractivity contribution in [3.05, 3.63) is 38.8 Å². The van der Waals surface area contributed by atoms with E-state index in [1.807, 2.05) is 12.3 Å². The molecular formula is C13H15N3O3S. The van der Waals surface area contributed by atoms with Gasteiger partial charge in [0.2, 0.25) is 0 Å². The van der Waals surface area contributed by atoms with E-state index in [9.17, 15) is 14.7 Å². The van der Waals surface area contributed by atoms with Crippen LogP contribution in [0.5, 0.6) is 5.75 Å². The number of carbonyl (C=O) groups excluding carboxylic acids is 1. The zero-order valence-electron chi connectivity index (χ0n) is 11.4. The zero-order chi connectivity index (χ0) is 14.9. The summed E-state index contributed by atoms with van der Waals surface area (Å²) in [6, 6.07) is 1.38. The lowest BCUT2D eigenvalue weighted by molar-refractivity contribution is 0.102. The molecule has 7 heteroatoms. The van der Waals surface area contributed by atoms with Crippen LogP contribution in [0.2, 0.25) is 0 Å². The van der Waals surface area contributed by atoms with Gasteiger partial charge in [0.15, 0.2) is 5.13 Å². The molecule has 2 aromatic rings. The molecule has 0 saturated heterocycles. The van der Waals surface area contributed by atoms with Crippen LogP contribution in [0.15, 0.2) is 16.2 Å². The number of aromatic hydroxyl groups is 1. The van der Waals surface area contributed by atoms with Gasteiger partial charge in [-0.3, -0.25) is 14.9 Å². The number of nitrogens with one attached hydrogen (secondary N) is 1. The lowest BCUT2D eigenvalue weighted by atomic mass is 10.2. The summed E-state index contributed by atoms with van der Waals surface area (Å²) in [5, 5.41) is 14.6. The van der Waals surface area contributed by atoms with Crippen molar-refractivity contribution in [2.24, 2.45) is 7.05 Å². The van der Waals surface area contributed by atoms with Gasteiger partial charge in [0.1, 0.15) is 11.3 Å². The largest absolute Gasteiger partial charge is 0.507 e. The molecule has 0 bridgehead atoms. The van der Waals surface area contributed by atoms with Crippen molar-refractivity contribution in [2.75, 3.05) is 5.32 Å². The Labute approximate surface area is 119 Å². The predicted octanol–water partition coefficient (Wildman–Crippen LogP) is 1.67. The van der Waals surface area contributed by atoms with Crippen molar-refractivity contribution >= 4 is 22.4 Å². The second-order valence-corrected chi connectivity index (χ2v) is 5.22. The fourth-order valence-electron chi connectivity index (χ4n) is 1.70. The van der Waals surface area contributed by atoms with Crippen LogP contribution < -0.4 is 10.9 Å². The van der Waals surface area contributed by atoms with Crippen LogP contribution in [0.3, 0.4) is 0 Å². The molecule has 0 aromatic carbocycles. The van der Waals surface area contributed by atoms with Gasteiger partial charge in [-0.25, -0.2) is 4.98 Å². The van der Waals surface area contributed by atoms with Gasteiger partial charge in [0.05, 0.1) is 5.69 Å². The van der Waals surface area contributed by atoms with Crippen LogP contribution in [0.4, 0.5) is 5.13 Å². The molecule has 0 aliphatic rings. The second kappa shape index (κ2) is 5.46. The Morgan fingerprint density at radius 1 is 1.55 bits per heavy atom. The normalized spacial score (nSPS) is 10.6. The van der Waals surface area contributed by atoms with Gasteiger partial charge in [-0.05, 0) is 13.3 Å². The number of anilines is 1. The average molecular weight is 293 g/mol. The Kier molecular flexibility index (Phi) is 3.89. The van der Waals surface area contributed by atoms with Gasteiger partial charge in [-0.1, -0.05) is 6.92 Å².